The smallest absolute Gasteiger partial charge is 0.222 e. The van der Waals surface area contributed by atoms with Gasteiger partial charge >= 0.3 is 0 Å². The summed E-state index contributed by atoms with van der Waals surface area (Å²) in [6.45, 7) is 4.64. The molecule has 126 valence electrons. The number of nitrogens with zero attached hydrogens (tertiary/aromatic N) is 3. The first-order valence-corrected chi connectivity index (χ1v) is 8.54. The van der Waals surface area contributed by atoms with E-state index in [-0.39, 0.29) is 6.10 Å². The Labute approximate surface area is 141 Å². The van der Waals surface area contributed by atoms with E-state index < -0.39 is 0 Å². The van der Waals surface area contributed by atoms with Crippen LogP contribution >= 0.6 is 0 Å². The van der Waals surface area contributed by atoms with Gasteiger partial charge in [-0.1, -0.05) is 6.07 Å². The summed E-state index contributed by atoms with van der Waals surface area (Å²) in [5, 5.41) is 0. The molecular weight excluding hydrogens is 302 g/mol. The van der Waals surface area contributed by atoms with Gasteiger partial charge in [-0.15, -0.1) is 0 Å². The lowest BCUT2D eigenvalue weighted by Crippen LogP contribution is -2.24. The molecule has 1 fully saturated rings. The van der Waals surface area contributed by atoms with Gasteiger partial charge in [-0.25, -0.2) is 4.98 Å². The van der Waals surface area contributed by atoms with Gasteiger partial charge in [-0.05, 0) is 37.0 Å². The molecular formula is C18H23N5O. The third-order valence-corrected chi connectivity index (χ3v) is 4.74. The highest BCUT2D eigenvalue weighted by Gasteiger charge is 2.26. The third kappa shape index (κ3) is 2.67. The standard InChI is InChI=1S/C18H23N5O/c1-11-6-12-8-13(10-19)24-17(12)14(7-11)15-9-16(22-18(20)21-15)23-4-2-3-5-23/h6-7,9,13H,2-5,8,10,19H2,1H3,(H2,20,21,22). The van der Waals surface area contributed by atoms with E-state index in [1.54, 1.807) is 0 Å². The van der Waals surface area contributed by atoms with Gasteiger partial charge in [0.05, 0.1) is 5.69 Å². The molecule has 1 atom stereocenters. The van der Waals surface area contributed by atoms with Crippen molar-refractivity contribution in [3.63, 3.8) is 0 Å². The number of fused-ring (bicyclic) bond motifs is 1. The zero-order valence-electron chi connectivity index (χ0n) is 14.0. The van der Waals surface area contributed by atoms with Crippen molar-refractivity contribution in [3.8, 4) is 17.0 Å². The zero-order valence-corrected chi connectivity index (χ0v) is 14.0. The lowest BCUT2D eigenvalue weighted by atomic mass is 10.0. The van der Waals surface area contributed by atoms with Gasteiger partial charge in [0.2, 0.25) is 5.95 Å². The van der Waals surface area contributed by atoms with Crippen LogP contribution in [0.4, 0.5) is 11.8 Å². The van der Waals surface area contributed by atoms with E-state index in [9.17, 15) is 0 Å². The molecule has 0 spiro atoms. The molecule has 0 bridgehead atoms. The highest BCUT2D eigenvalue weighted by molar-refractivity contribution is 5.74. The van der Waals surface area contributed by atoms with Crippen LogP contribution in [0.2, 0.25) is 0 Å². The number of hydrogen-bond acceptors (Lipinski definition) is 6. The maximum absolute atomic E-state index is 6.06. The van der Waals surface area contributed by atoms with Crippen LogP contribution in [-0.4, -0.2) is 35.7 Å². The molecule has 1 aromatic heterocycles. The molecule has 4 rings (SSSR count). The summed E-state index contributed by atoms with van der Waals surface area (Å²) >= 11 is 0. The van der Waals surface area contributed by atoms with Crippen molar-refractivity contribution in [1.29, 1.82) is 0 Å². The first-order valence-electron chi connectivity index (χ1n) is 8.54. The molecule has 6 heteroatoms. The SMILES string of the molecule is Cc1cc2c(c(-c3cc(N4CCCC4)nc(N)n3)c1)OC(CN)C2. The highest BCUT2D eigenvalue weighted by atomic mass is 16.5. The topological polar surface area (TPSA) is 90.3 Å². The average molecular weight is 325 g/mol. The Kier molecular flexibility index (Phi) is 3.76. The fourth-order valence-electron chi connectivity index (χ4n) is 3.61. The molecule has 24 heavy (non-hydrogen) atoms. The lowest BCUT2D eigenvalue weighted by Gasteiger charge is -2.18. The van der Waals surface area contributed by atoms with Gasteiger partial charge in [0.1, 0.15) is 17.7 Å². The first-order chi connectivity index (χ1) is 11.6. The Bertz CT molecular complexity index is 770. The largest absolute Gasteiger partial charge is 0.488 e. The van der Waals surface area contributed by atoms with Crippen LogP contribution in [0.1, 0.15) is 24.0 Å². The zero-order chi connectivity index (χ0) is 16.7. The van der Waals surface area contributed by atoms with Crippen LogP contribution in [0, 0.1) is 6.92 Å². The van der Waals surface area contributed by atoms with Gasteiger partial charge in [0.15, 0.2) is 0 Å². The van der Waals surface area contributed by atoms with Crippen molar-refractivity contribution in [2.24, 2.45) is 5.73 Å². The Morgan fingerprint density at radius 2 is 2.00 bits per heavy atom. The highest BCUT2D eigenvalue weighted by Crippen LogP contribution is 2.40. The van der Waals surface area contributed by atoms with E-state index in [0.29, 0.717) is 12.5 Å². The van der Waals surface area contributed by atoms with Crippen LogP contribution in [0.15, 0.2) is 18.2 Å². The number of ether oxygens (including phenoxy) is 1. The molecule has 0 aliphatic carbocycles. The maximum Gasteiger partial charge on any atom is 0.222 e. The number of nitrogen functional groups attached to an aromatic ring is 1. The molecule has 2 aromatic rings. The number of aryl methyl sites for hydroxylation is 1. The average Bonchev–Trinajstić information content (AvgIpc) is 3.22. The molecule has 0 radical (unpaired) electrons. The summed E-state index contributed by atoms with van der Waals surface area (Å²) in [4.78, 5) is 11.2. The summed E-state index contributed by atoms with van der Waals surface area (Å²) in [6, 6.07) is 6.30. The number of rotatable bonds is 3. The third-order valence-electron chi connectivity index (χ3n) is 4.74. The Morgan fingerprint density at radius 1 is 1.21 bits per heavy atom. The van der Waals surface area contributed by atoms with Crippen LogP contribution < -0.4 is 21.1 Å². The number of anilines is 2. The van der Waals surface area contributed by atoms with Crippen molar-refractivity contribution in [2.45, 2.75) is 32.3 Å². The molecule has 2 aliphatic rings. The number of hydrogen-bond donors (Lipinski definition) is 2. The van der Waals surface area contributed by atoms with Crippen molar-refractivity contribution < 1.29 is 4.74 Å². The van der Waals surface area contributed by atoms with Gasteiger partial charge in [-0.2, -0.15) is 4.98 Å². The fourth-order valence-corrected chi connectivity index (χ4v) is 3.61. The molecule has 1 aromatic carbocycles. The van der Waals surface area contributed by atoms with E-state index in [1.807, 2.05) is 6.07 Å². The molecule has 6 nitrogen and oxygen atoms in total. The monoisotopic (exact) mass is 325 g/mol. The minimum absolute atomic E-state index is 0.0396. The molecule has 3 heterocycles. The van der Waals surface area contributed by atoms with E-state index in [4.69, 9.17) is 16.2 Å². The fraction of sp³-hybridized carbons (Fsp3) is 0.444. The van der Waals surface area contributed by atoms with E-state index in [0.717, 1.165) is 42.3 Å². The van der Waals surface area contributed by atoms with Gasteiger partial charge < -0.3 is 21.1 Å². The number of aromatic nitrogens is 2. The van der Waals surface area contributed by atoms with Gasteiger partial charge in [-0.3, -0.25) is 0 Å². The van der Waals surface area contributed by atoms with E-state index >= 15 is 0 Å². The Hall–Kier alpha value is -2.34. The summed E-state index contributed by atoms with van der Waals surface area (Å²) < 4.78 is 6.06. The normalized spacial score (nSPS) is 19.4. The maximum atomic E-state index is 6.06. The Balaban J connectivity index is 1.79. The minimum atomic E-state index is 0.0396. The van der Waals surface area contributed by atoms with Crippen LogP contribution in [0.25, 0.3) is 11.3 Å². The van der Waals surface area contributed by atoms with Crippen LogP contribution in [-0.2, 0) is 6.42 Å². The predicted octanol–water partition coefficient (Wildman–Crippen LogP) is 1.90. The second-order valence-corrected chi connectivity index (χ2v) is 6.64. The summed E-state index contributed by atoms with van der Waals surface area (Å²) in [7, 11) is 0. The number of nitrogens with two attached hydrogens (primary N) is 2. The van der Waals surface area contributed by atoms with Gasteiger partial charge in [0, 0.05) is 37.7 Å². The summed E-state index contributed by atoms with van der Waals surface area (Å²) in [5.41, 5.74) is 16.0. The van der Waals surface area contributed by atoms with Crippen LogP contribution in [0.5, 0.6) is 5.75 Å². The lowest BCUT2D eigenvalue weighted by molar-refractivity contribution is 0.242. The molecule has 2 aliphatic heterocycles. The Morgan fingerprint density at radius 3 is 2.75 bits per heavy atom. The van der Waals surface area contributed by atoms with Crippen molar-refractivity contribution in [3.05, 3.63) is 29.3 Å². The molecule has 0 saturated carbocycles. The molecule has 1 saturated heterocycles. The molecule has 0 amide bonds. The van der Waals surface area contributed by atoms with Crippen molar-refractivity contribution in [1.82, 2.24) is 9.97 Å². The second-order valence-electron chi connectivity index (χ2n) is 6.64. The van der Waals surface area contributed by atoms with Crippen molar-refractivity contribution >= 4 is 11.8 Å². The number of benzene rings is 1. The van der Waals surface area contributed by atoms with Crippen LogP contribution in [0.3, 0.4) is 0 Å². The second kappa shape index (κ2) is 5.94. The van der Waals surface area contributed by atoms with Gasteiger partial charge in [0.25, 0.3) is 0 Å². The summed E-state index contributed by atoms with van der Waals surface area (Å²) in [5.74, 6) is 2.10. The molecule has 4 N–H and O–H groups in total. The van der Waals surface area contributed by atoms with E-state index in [1.165, 1.54) is 24.0 Å². The van der Waals surface area contributed by atoms with E-state index in [2.05, 4.69) is 33.9 Å². The quantitative estimate of drug-likeness (QED) is 0.896. The first kappa shape index (κ1) is 15.2. The van der Waals surface area contributed by atoms with Crippen molar-refractivity contribution in [2.75, 3.05) is 30.3 Å². The molecule has 1 unspecified atom stereocenters. The summed E-state index contributed by atoms with van der Waals surface area (Å²) in [6.07, 6.45) is 3.28. The minimum Gasteiger partial charge on any atom is -0.488 e. The predicted molar refractivity (Wildman–Crippen MR) is 95.2 cm³/mol.